The van der Waals surface area contributed by atoms with Crippen molar-refractivity contribution in [3.8, 4) is 0 Å². The van der Waals surface area contributed by atoms with Crippen molar-refractivity contribution in [2.75, 3.05) is 31.6 Å². The molecule has 0 radical (unpaired) electrons. The van der Waals surface area contributed by atoms with Gasteiger partial charge in [0.1, 0.15) is 5.56 Å². The number of nitro benzene ring substituents is 1. The highest BCUT2D eigenvalue weighted by atomic mass is 16.6. The Kier molecular flexibility index (Phi) is 3.87. The van der Waals surface area contributed by atoms with Crippen LogP contribution in [0.5, 0.6) is 0 Å². The minimum atomic E-state index is -1.28. The summed E-state index contributed by atoms with van der Waals surface area (Å²) in [5.74, 6) is -1.28. The Bertz CT molecular complexity index is 586. The van der Waals surface area contributed by atoms with Crippen LogP contribution in [-0.4, -0.2) is 53.1 Å². The molecule has 0 amide bonds. The van der Waals surface area contributed by atoms with Crippen LogP contribution in [0.1, 0.15) is 24.2 Å². The predicted octanol–water partition coefficient (Wildman–Crippen LogP) is 1.82. The third kappa shape index (κ3) is 2.97. The highest BCUT2D eigenvalue weighted by Crippen LogP contribution is 2.28. The molecule has 0 atom stereocenters. The molecule has 0 spiro atoms. The van der Waals surface area contributed by atoms with Crippen molar-refractivity contribution in [3.63, 3.8) is 0 Å². The molecule has 21 heavy (non-hydrogen) atoms. The van der Waals surface area contributed by atoms with E-state index >= 15 is 0 Å². The smallest absolute Gasteiger partial charge is 0.342 e. The van der Waals surface area contributed by atoms with Crippen molar-refractivity contribution in [2.45, 2.75) is 19.4 Å². The van der Waals surface area contributed by atoms with Gasteiger partial charge in [-0.05, 0) is 33.0 Å². The first-order valence-corrected chi connectivity index (χ1v) is 6.70. The average Bonchev–Trinajstić information content (AvgIpc) is 2.41. The average molecular weight is 293 g/mol. The number of carboxylic acids is 1. The summed E-state index contributed by atoms with van der Waals surface area (Å²) in [6.45, 7) is 6.58. The summed E-state index contributed by atoms with van der Waals surface area (Å²) < 4.78 is 0. The lowest BCUT2D eigenvalue weighted by Crippen LogP contribution is -2.57. The van der Waals surface area contributed by atoms with E-state index in [1.165, 1.54) is 12.1 Å². The third-order valence-electron chi connectivity index (χ3n) is 4.09. The van der Waals surface area contributed by atoms with Crippen LogP contribution in [0.3, 0.4) is 0 Å². The highest BCUT2D eigenvalue weighted by Gasteiger charge is 2.32. The molecule has 1 aliphatic heterocycles. The van der Waals surface area contributed by atoms with Crippen molar-refractivity contribution >= 4 is 17.3 Å². The fourth-order valence-electron chi connectivity index (χ4n) is 2.51. The Hall–Kier alpha value is -2.15. The first-order chi connectivity index (χ1) is 9.72. The van der Waals surface area contributed by atoms with E-state index in [-0.39, 0.29) is 16.8 Å². The molecule has 1 N–H and O–H groups in total. The lowest BCUT2D eigenvalue weighted by atomic mass is 9.99. The first kappa shape index (κ1) is 15.2. The van der Waals surface area contributed by atoms with Gasteiger partial charge in [-0.2, -0.15) is 0 Å². The van der Waals surface area contributed by atoms with Gasteiger partial charge >= 0.3 is 5.97 Å². The maximum atomic E-state index is 11.2. The standard InChI is InChI=1S/C14H19N3O4/c1-14(2)9-16(7-6-15(14)3)10-4-5-12(17(20)21)11(8-10)13(18)19/h4-5,8H,6-7,9H2,1-3H3,(H,18,19). The molecule has 2 rings (SSSR count). The van der Waals surface area contributed by atoms with Crippen LogP contribution in [0.2, 0.25) is 0 Å². The van der Waals surface area contributed by atoms with E-state index in [9.17, 15) is 14.9 Å². The Labute approximate surface area is 122 Å². The van der Waals surface area contributed by atoms with E-state index in [1.54, 1.807) is 6.07 Å². The number of carbonyl (C=O) groups is 1. The maximum Gasteiger partial charge on any atom is 0.342 e. The normalized spacial score (nSPS) is 18.5. The number of rotatable bonds is 3. The van der Waals surface area contributed by atoms with E-state index in [0.29, 0.717) is 5.69 Å². The van der Waals surface area contributed by atoms with Crippen LogP contribution in [0.25, 0.3) is 0 Å². The second kappa shape index (κ2) is 5.33. The molecule has 7 heteroatoms. The molecule has 0 saturated carbocycles. The largest absolute Gasteiger partial charge is 0.477 e. The van der Waals surface area contributed by atoms with Gasteiger partial charge in [0.25, 0.3) is 5.69 Å². The molecule has 1 fully saturated rings. The summed E-state index contributed by atoms with van der Waals surface area (Å²) in [5.41, 5.74) is 0.0247. The van der Waals surface area contributed by atoms with Gasteiger partial charge in [-0.25, -0.2) is 4.79 Å². The van der Waals surface area contributed by atoms with E-state index in [4.69, 9.17) is 5.11 Å². The second-order valence-electron chi connectivity index (χ2n) is 5.92. The van der Waals surface area contributed by atoms with Crippen molar-refractivity contribution in [1.29, 1.82) is 0 Å². The van der Waals surface area contributed by atoms with Gasteiger partial charge in [0.2, 0.25) is 0 Å². The molecule has 0 aromatic heterocycles. The number of benzene rings is 1. The number of likely N-dealkylation sites (N-methyl/N-ethyl adjacent to an activating group) is 1. The first-order valence-electron chi connectivity index (χ1n) is 6.70. The topological polar surface area (TPSA) is 86.9 Å². The zero-order valence-corrected chi connectivity index (χ0v) is 12.4. The van der Waals surface area contributed by atoms with Crippen molar-refractivity contribution in [2.24, 2.45) is 0 Å². The number of hydrogen-bond acceptors (Lipinski definition) is 5. The molecule has 1 heterocycles. The zero-order chi connectivity index (χ0) is 15.8. The molecule has 1 aromatic rings. The van der Waals surface area contributed by atoms with Gasteiger partial charge < -0.3 is 10.0 Å². The molecule has 7 nitrogen and oxygen atoms in total. The van der Waals surface area contributed by atoms with Crippen LogP contribution in [-0.2, 0) is 0 Å². The number of carboxylic acid groups (broad SMARTS) is 1. The van der Waals surface area contributed by atoms with E-state index in [2.05, 4.69) is 30.7 Å². The van der Waals surface area contributed by atoms with Crippen LogP contribution in [0.15, 0.2) is 18.2 Å². The van der Waals surface area contributed by atoms with Crippen molar-refractivity contribution in [3.05, 3.63) is 33.9 Å². The molecule has 0 bridgehead atoms. The second-order valence-corrected chi connectivity index (χ2v) is 5.92. The minimum absolute atomic E-state index is 0.0383. The quantitative estimate of drug-likeness (QED) is 0.675. The lowest BCUT2D eigenvalue weighted by molar-refractivity contribution is -0.385. The molecule has 114 valence electrons. The summed E-state index contributed by atoms with van der Waals surface area (Å²) >= 11 is 0. The van der Waals surface area contributed by atoms with Gasteiger partial charge in [-0.1, -0.05) is 0 Å². The molecular formula is C14H19N3O4. The van der Waals surface area contributed by atoms with Crippen molar-refractivity contribution in [1.82, 2.24) is 4.90 Å². The van der Waals surface area contributed by atoms with Crippen LogP contribution in [0.4, 0.5) is 11.4 Å². The predicted molar refractivity (Wildman–Crippen MR) is 79.0 cm³/mol. The van der Waals surface area contributed by atoms with Gasteiger partial charge in [-0.15, -0.1) is 0 Å². The molecule has 0 unspecified atom stereocenters. The molecule has 1 aromatic carbocycles. The number of hydrogen-bond donors (Lipinski definition) is 1. The molecule has 1 aliphatic rings. The number of nitro groups is 1. The van der Waals surface area contributed by atoms with Gasteiger partial charge in [0, 0.05) is 36.9 Å². The molecule has 0 aliphatic carbocycles. The van der Waals surface area contributed by atoms with E-state index in [0.717, 1.165) is 19.6 Å². The van der Waals surface area contributed by atoms with Gasteiger partial charge in [0.05, 0.1) is 4.92 Å². The van der Waals surface area contributed by atoms with E-state index < -0.39 is 10.9 Å². The lowest BCUT2D eigenvalue weighted by Gasteiger charge is -2.46. The van der Waals surface area contributed by atoms with Crippen LogP contribution >= 0.6 is 0 Å². The molecule has 1 saturated heterocycles. The number of nitrogens with zero attached hydrogens (tertiary/aromatic N) is 3. The number of anilines is 1. The number of aromatic carboxylic acids is 1. The summed E-state index contributed by atoms with van der Waals surface area (Å²) in [4.78, 5) is 25.7. The third-order valence-corrected chi connectivity index (χ3v) is 4.09. The summed E-state index contributed by atoms with van der Waals surface area (Å²) in [6.07, 6.45) is 0. The maximum absolute atomic E-state index is 11.2. The highest BCUT2D eigenvalue weighted by molar-refractivity contribution is 5.93. The summed E-state index contributed by atoms with van der Waals surface area (Å²) in [7, 11) is 2.05. The number of piperazine rings is 1. The monoisotopic (exact) mass is 293 g/mol. The Morgan fingerprint density at radius 3 is 2.57 bits per heavy atom. The fourth-order valence-corrected chi connectivity index (χ4v) is 2.51. The zero-order valence-electron chi connectivity index (χ0n) is 12.4. The Morgan fingerprint density at radius 2 is 2.05 bits per heavy atom. The van der Waals surface area contributed by atoms with Gasteiger partial charge in [0.15, 0.2) is 0 Å². The Morgan fingerprint density at radius 1 is 1.38 bits per heavy atom. The summed E-state index contributed by atoms with van der Waals surface area (Å²) in [5, 5.41) is 20.0. The Balaban J connectivity index is 2.35. The fraction of sp³-hybridized carbons (Fsp3) is 0.500. The SMILES string of the molecule is CN1CCN(c2ccc([N+](=O)[O-])c(C(=O)O)c2)CC1(C)C. The van der Waals surface area contributed by atoms with Crippen LogP contribution in [0, 0.1) is 10.1 Å². The van der Waals surface area contributed by atoms with E-state index in [1.807, 2.05) is 0 Å². The summed E-state index contributed by atoms with van der Waals surface area (Å²) in [6, 6.07) is 4.28. The van der Waals surface area contributed by atoms with Gasteiger partial charge in [-0.3, -0.25) is 15.0 Å². The molecular weight excluding hydrogens is 274 g/mol. The van der Waals surface area contributed by atoms with Crippen LogP contribution < -0.4 is 4.90 Å². The minimum Gasteiger partial charge on any atom is -0.477 e. The van der Waals surface area contributed by atoms with Crippen molar-refractivity contribution < 1.29 is 14.8 Å².